The minimum atomic E-state index is -0.404. The van der Waals surface area contributed by atoms with E-state index in [1.54, 1.807) is 14.2 Å². The molecule has 0 aliphatic rings. The Labute approximate surface area is 197 Å². The summed E-state index contributed by atoms with van der Waals surface area (Å²) in [5.74, 6) is 0.907. The number of thiophene rings is 1. The number of nitrogens with one attached hydrogen (secondary N) is 2. The molecule has 0 saturated carbocycles. The van der Waals surface area contributed by atoms with Crippen molar-refractivity contribution in [2.24, 2.45) is 0 Å². The third-order valence-corrected chi connectivity index (χ3v) is 6.16. The van der Waals surface area contributed by atoms with Crippen LogP contribution in [0.1, 0.15) is 39.3 Å². The summed E-state index contributed by atoms with van der Waals surface area (Å²) >= 11 is 7.00. The molecule has 1 aromatic heterocycles. The van der Waals surface area contributed by atoms with E-state index in [1.807, 2.05) is 49.4 Å². The molecule has 8 heteroatoms. The second-order valence-electron chi connectivity index (χ2n) is 7.04. The zero-order valence-corrected chi connectivity index (χ0v) is 20.1. The fourth-order valence-corrected chi connectivity index (χ4v) is 4.65. The van der Waals surface area contributed by atoms with Crippen molar-refractivity contribution in [2.45, 2.75) is 19.4 Å². The molecule has 0 fully saturated rings. The van der Waals surface area contributed by atoms with Crippen LogP contribution in [0.15, 0.2) is 54.6 Å². The molecule has 0 aliphatic carbocycles. The number of hydrogen-bond acceptors (Lipinski definition) is 6. The van der Waals surface area contributed by atoms with E-state index < -0.39 is 5.97 Å². The van der Waals surface area contributed by atoms with Crippen LogP contribution < -0.4 is 20.1 Å². The van der Waals surface area contributed by atoms with Gasteiger partial charge in [0.25, 0.3) is 0 Å². The number of carbonyl (C=O) groups is 1. The highest BCUT2D eigenvalue weighted by molar-refractivity contribution is 7.80. The van der Waals surface area contributed by atoms with E-state index in [4.69, 9.17) is 26.4 Å². The van der Waals surface area contributed by atoms with Crippen molar-refractivity contribution in [1.29, 1.82) is 0 Å². The van der Waals surface area contributed by atoms with E-state index >= 15 is 0 Å². The fourth-order valence-electron chi connectivity index (χ4n) is 3.22. The normalized spacial score (nSPS) is 11.4. The lowest BCUT2D eigenvalue weighted by atomic mass is 10.1. The van der Waals surface area contributed by atoms with Gasteiger partial charge in [0.2, 0.25) is 0 Å². The Morgan fingerprint density at radius 2 is 1.75 bits per heavy atom. The maximum Gasteiger partial charge on any atom is 0.340 e. The Kier molecular flexibility index (Phi) is 8.08. The molecule has 0 amide bonds. The standard InChI is InChI=1S/C24H26N2O4S2/c1-15(17-10-11-20(28-2)21(13-17)29-3)25-24(31)26-22-19(23(27)30-4)14-18(32-22)12-16-8-6-5-7-9-16/h5-11,13-15H,12H2,1-4H3,(H2,25,26,31). The summed E-state index contributed by atoms with van der Waals surface area (Å²) in [4.78, 5) is 13.3. The van der Waals surface area contributed by atoms with E-state index in [2.05, 4.69) is 22.8 Å². The summed E-state index contributed by atoms with van der Waals surface area (Å²) in [6.07, 6.45) is 0.722. The van der Waals surface area contributed by atoms with Crippen molar-refractivity contribution in [2.75, 3.05) is 26.6 Å². The third kappa shape index (κ3) is 5.77. The molecule has 2 aromatic carbocycles. The molecular weight excluding hydrogens is 444 g/mol. The second kappa shape index (κ2) is 11.0. The van der Waals surface area contributed by atoms with Crippen molar-refractivity contribution in [3.63, 3.8) is 0 Å². The molecule has 0 radical (unpaired) electrons. The molecule has 2 N–H and O–H groups in total. The number of thiocarbonyl (C=S) groups is 1. The monoisotopic (exact) mass is 470 g/mol. The summed E-state index contributed by atoms with van der Waals surface area (Å²) in [5, 5.41) is 7.48. The van der Waals surface area contributed by atoms with Crippen molar-refractivity contribution < 1.29 is 19.0 Å². The Morgan fingerprint density at radius 3 is 2.41 bits per heavy atom. The van der Waals surface area contributed by atoms with E-state index in [-0.39, 0.29) is 6.04 Å². The number of carbonyl (C=O) groups excluding carboxylic acids is 1. The first-order valence-corrected chi connectivity index (χ1v) is 11.2. The summed E-state index contributed by atoms with van der Waals surface area (Å²) in [6, 6.07) is 17.6. The predicted octanol–water partition coefficient (Wildman–Crippen LogP) is 5.19. The molecule has 6 nitrogen and oxygen atoms in total. The molecule has 0 aliphatic heterocycles. The van der Waals surface area contributed by atoms with Gasteiger partial charge in [0, 0.05) is 11.3 Å². The Hall–Kier alpha value is -3.10. The quantitative estimate of drug-likeness (QED) is 0.347. The number of esters is 1. The van der Waals surface area contributed by atoms with Gasteiger partial charge < -0.3 is 24.8 Å². The van der Waals surface area contributed by atoms with Crippen LogP contribution in [0.2, 0.25) is 0 Å². The van der Waals surface area contributed by atoms with Crippen LogP contribution in [-0.4, -0.2) is 32.4 Å². The third-order valence-electron chi connectivity index (χ3n) is 4.89. The van der Waals surface area contributed by atoms with Crippen LogP contribution in [0.4, 0.5) is 5.00 Å². The average molecular weight is 471 g/mol. The molecule has 0 saturated heterocycles. The second-order valence-corrected chi connectivity index (χ2v) is 8.59. The minimum absolute atomic E-state index is 0.0971. The van der Waals surface area contributed by atoms with Gasteiger partial charge in [0.1, 0.15) is 5.00 Å². The number of rotatable bonds is 8. The Bertz CT molecular complexity index is 1080. The van der Waals surface area contributed by atoms with Crippen LogP contribution >= 0.6 is 23.6 Å². The number of methoxy groups -OCH3 is 3. The lowest BCUT2D eigenvalue weighted by molar-refractivity contribution is 0.0602. The SMILES string of the molecule is COC(=O)c1cc(Cc2ccccc2)sc1NC(=S)NC(C)c1ccc(OC)c(OC)c1. The van der Waals surface area contributed by atoms with Crippen molar-refractivity contribution in [3.05, 3.63) is 76.2 Å². The maximum atomic E-state index is 12.3. The summed E-state index contributed by atoms with van der Waals surface area (Å²) in [5.41, 5.74) is 2.61. The zero-order chi connectivity index (χ0) is 23.1. The molecule has 0 spiro atoms. The van der Waals surface area contributed by atoms with Gasteiger partial charge >= 0.3 is 5.97 Å². The molecule has 0 bridgehead atoms. The smallest absolute Gasteiger partial charge is 0.340 e. The molecular formula is C24H26N2O4S2. The van der Waals surface area contributed by atoms with Gasteiger partial charge in [-0.05, 0) is 48.5 Å². The number of hydrogen-bond donors (Lipinski definition) is 2. The molecule has 1 unspecified atom stereocenters. The first-order chi connectivity index (χ1) is 15.4. The van der Waals surface area contributed by atoms with Crippen LogP contribution in [0.25, 0.3) is 0 Å². The summed E-state index contributed by atoms with van der Waals surface area (Å²) < 4.78 is 15.6. The molecule has 32 heavy (non-hydrogen) atoms. The van der Waals surface area contributed by atoms with Crippen LogP contribution in [0.5, 0.6) is 11.5 Å². The highest BCUT2D eigenvalue weighted by Gasteiger charge is 2.19. The number of anilines is 1. The van der Waals surface area contributed by atoms with Crippen LogP contribution in [0, 0.1) is 0 Å². The molecule has 3 aromatic rings. The fraction of sp³-hybridized carbons (Fsp3) is 0.250. The van der Waals surface area contributed by atoms with Gasteiger partial charge in [-0.15, -0.1) is 11.3 Å². The van der Waals surface area contributed by atoms with Gasteiger partial charge in [-0.1, -0.05) is 36.4 Å². The number of ether oxygens (including phenoxy) is 3. The topological polar surface area (TPSA) is 68.8 Å². The molecule has 168 valence electrons. The average Bonchev–Trinajstić information content (AvgIpc) is 3.20. The Balaban J connectivity index is 1.74. The van der Waals surface area contributed by atoms with Crippen LogP contribution in [0.3, 0.4) is 0 Å². The lowest BCUT2D eigenvalue weighted by Crippen LogP contribution is -2.31. The lowest BCUT2D eigenvalue weighted by Gasteiger charge is -2.18. The van der Waals surface area contributed by atoms with Gasteiger partial charge in [-0.2, -0.15) is 0 Å². The van der Waals surface area contributed by atoms with Crippen molar-refractivity contribution in [3.8, 4) is 11.5 Å². The maximum absolute atomic E-state index is 12.3. The van der Waals surface area contributed by atoms with E-state index in [0.29, 0.717) is 27.2 Å². The largest absolute Gasteiger partial charge is 0.493 e. The zero-order valence-electron chi connectivity index (χ0n) is 18.4. The first kappa shape index (κ1) is 23.6. The van der Waals surface area contributed by atoms with E-state index in [1.165, 1.54) is 24.0 Å². The van der Waals surface area contributed by atoms with E-state index in [0.717, 1.165) is 16.9 Å². The Morgan fingerprint density at radius 1 is 1.03 bits per heavy atom. The molecule has 1 atom stereocenters. The minimum Gasteiger partial charge on any atom is -0.493 e. The summed E-state index contributed by atoms with van der Waals surface area (Å²) in [6.45, 7) is 1.99. The van der Waals surface area contributed by atoms with Crippen LogP contribution in [-0.2, 0) is 11.2 Å². The predicted molar refractivity (Wildman–Crippen MR) is 132 cm³/mol. The van der Waals surface area contributed by atoms with Gasteiger partial charge in [-0.3, -0.25) is 0 Å². The van der Waals surface area contributed by atoms with Crippen molar-refractivity contribution in [1.82, 2.24) is 5.32 Å². The van der Waals surface area contributed by atoms with Gasteiger partial charge in [0.15, 0.2) is 16.6 Å². The summed E-state index contributed by atoms with van der Waals surface area (Å²) in [7, 11) is 4.57. The molecule has 3 rings (SSSR count). The van der Waals surface area contributed by atoms with Crippen molar-refractivity contribution >= 4 is 39.6 Å². The van der Waals surface area contributed by atoms with Gasteiger partial charge in [0.05, 0.1) is 32.9 Å². The van der Waals surface area contributed by atoms with E-state index in [9.17, 15) is 4.79 Å². The highest BCUT2D eigenvalue weighted by atomic mass is 32.1. The highest BCUT2D eigenvalue weighted by Crippen LogP contribution is 2.32. The van der Waals surface area contributed by atoms with Gasteiger partial charge in [-0.25, -0.2) is 4.79 Å². The number of benzene rings is 2. The first-order valence-electron chi connectivity index (χ1n) is 9.99. The molecule has 1 heterocycles.